The summed E-state index contributed by atoms with van der Waals surface area (Å²) in [6, 6.07) is 0. The van der Waals surface area contributed by atoms with Crippen LogP contribution in [0.1, 0.15) is 110 Å². The fraction of sp³-hybridized carbons (Fsp3) is 0.826. The molecule has 0 radical (unpaired) electrons. The van der Waals surface area contributed by atoms with Crippen LogP contribution in [0.2, 0.25) is 0 Å². The molecule has 0 saturated heterocycles. The van der Waals surface area contributed by atoms with E-state index in [1.165, 1.54) is 70.6 Å². The zero-order valence-corrected chi connectivity index (χ0v) is 18.1. The lowest BCUT2D eigenvalue weighted by Gasteiger charge is -2.04. The Kier molecular flexibility index (Phi) is 20.6. The van der Waals surface area contributed by atoms with Gasteiger partial charge in [0, 0.05) is 6.42 Å². The molecule has 0 bridgehead atoms. The molecule has 0 aliphatic rings. The van der Waals surface area contributed by atoms with Gasteiger partial charge in [-0.3, -0.25) is 4.79 Å². The van der Waals surface area contributed by atoms with E-state index < -0.39 is 6.16 Å². The molecule has 0 unspecified atom stereocenters. The van der Waals surface area contributed by atoms with Gasteiger partial charge >= 0.3 is 6.16 Å². The quantitative estimate of drug-likeness (QED) is 0.146. The molecular formula is C23H43NO4. The molecular weight excluding hydrogens is 354 g/mol. The second-order valence-corrected chi connectivity index (χ2v) is 7.39. The second kappa shape index (κ2) is 21.8. The van der Waals surface area contributed by atoms with Gasteiger partial charge in [0.15, 0.2) is 0 Å². The fourth-order valence-electron chi connectivity index (χ4n) is 3.07. The molecule has 0 atom stereocenters. The SMILES string of the molecule is CCOC(=O)OCCCCCCCCCCC=CCCCCCCCC(N)=O. The van der Waals surface area contributed by atoms with Gasteiger partial charge in [-0.1, -0.05) is 69.9 Å². The van der Waals surface area contributed by atoms with Crippen molar-refractivity contribution in [1.82, 2.24) is 0 Å². The number of unbranched alkanes of at least 4 members (excludes halogenated alkanes) is 13. The van der Waals surface area contributed by atoms with Crippen molar-refractivity contribution in [3.05, 3.63) is 12.2 Å². The van der Waals surface area contributed by atoms with Crippen LogP contribution in [-0.2, 0) is 14.3 Å². The minimum absolute atomic E-state index is 0.180. The zero-order chi connectivity index (χ0) is 20.7. The third-order valence-corrected chi connectivity index (χ3v) is 4.71. The molecule has 164 valence electrons. The van der Waals surface area contributed by atoms with E-state index in [9.17, 15) is 9.59 Å². The van der Waals surface area contributed by atoms with Crippen LogP contribution in [0.25, 0.3) is 0 Å². The van der Waals surface area contributed by atoms with E-state index in [2.05, 4.69) is 12.2 Å². The summed E-state index contributed by atoms with van der Waals surface area (Å²) >= 11 is 0. The Hall–Kier alpha value is -1.52. The smallest absolute Gasteiger partial charge is 0.435 e. The van der Waals surface area contributed by atoms with Crippen LogP contribution < -0.4 is 5.73 Å². The Bertz CT molecular complexity index is 396. The van der Waals surface area contributed by atoms with Gasteiger partial charge in [-0.2, -0.15) is 0 Å². The van der Waals surface area contributed by atoms with Crippen LogP contribution in [0.4, 0.5) is 4.79 Å². The first kappa shape index (κ1) is 26.5. The first-order valence-corrected chi connectivity index (χ1v) is 11.4. The molecule has 1 amide bonds. The largest absolute Gasteiger partial charge is 0.508 e. The van der Waals surface area contributed by atoms with Crippen molar-refractivity contribution in [2.24, 2.45) is 5.73 Å². The van der Waals surface area contributed by atoms with E-state index >= 15 is 0 Å². The molecule has 5 nitrogen and oxygen atoms in total. The molecule has 0 aliphatic carbocycles. The number of amides is 1. The van der Waals surface area contributed by atoms with E-state index in [1.54, 1.807) is 6.92 Å². The normalized spacial score (nSPS) is 11.0. The van der Waals surface area contributed by atoms with Gasteiger partial charge in [0.25, 0.3) is 0 Å². The van der Waals surface area contributed by atoms with Crippen molar-refractivity contribution in [2.45, 2.75) is 110 Å². The minimum Gasteiger partial charge on any atom is -0.435 e. The van der Waals surface area contributed by atoms with Crippen molar-refractivity contribution in [3.8, 4) is 0 Å². The Balaban J connectivity index is 3.14. The number of nitrogens with two attached hydrogens (primary N) is 1. The third-order valence-electron chi connectivity index (χ3n) is 4.71. The molecule has 0 aliphatic heterocycles. The third kappa shape index (κ3) is 22.5. The summed E-state index contributed by atoms with van der Waals surface area (Å²) in [5.74, 6) is -0.180. The topological polar surface area (TPSA) is 78.6 Å². The summed E-state index contributed by atoms with van der Waals surface area (Å²) in [7, 11) is 0. The van der Waals surface area contributed by atoms with Gasteiger partial charge in [0.1, 0.15) is 0 Å². The first-order chi connectivity index (χ1) is 13.7. The number of rotatable bonds is 20. The number of hydrogen-bond donors (Lipinski definition) is 1. The number of hydrogen-bond acceptors (Lipinski definition) is 4. The fourth-order valence-corrected chi connectivity index (χ4v) is 3.07. The van der Waals surface area contributed by atoms with Gasteiger partial charge in [0.05, 0.1) is 13.2 Å². The maximum absolute atomic E-state index is 11.0. The highest BCUT2D eigenvalue weighted by Crippen LogP contribution is 2.11. The van der Waals surface area contributed by atoms with E-state index in [0.29, 0.717) is 19.6 Å². The Morgan fingerprint density at radius 3 is 1.64 bits per heavy atom. The van der Waals surface area contributed by atoms with E-state index in [0.717, 1.165) is 25.7 Å². The zero-order valence-electron chi connectivity index (χ0n) is 18.1. The maximum atomic E-state index is 11.0. The van der Waals surface area contributed by atoms with Crippen LogP contribution >= 0.6 is 0 Å². The lowest BCUT2D eigenvalue weighted by atomic mass is 10.1. The highest BCUT2D eigenvalue weighted by molar-refractivity contribution is 5.73. The Morgan fingerprint density at radius 1 is 0.679 bits per heavy atom. The molecule has 0 aromatic rings. The Labute approximate surface area is 172 Å². The number of carbonyl (C=O) groups is 2. The first-order valence-electron chi connectivity index (χ1n) is 11.4. The summed E-state index contributed by atoms with van der Waals surface area (Å²) in [5.41, 5.74) is 5.12. The predicted octanol–water partition coefficient (Wildman–Crippen LogP) is 6.44. The number of primary amides is 1. The molecule has 0 saturated carbocycles. The summed E-state index contributed by atoms with van der Waals surface area (Å²) in [4.78, 5) is 21.6. The molecule has 0 heterocycles. The highest BCUT2D eigenvalue weighted by atomic mass is 16.7. The van der Waals surface area contributed by atoms with Crippen molar-refractivity contribution >= 4 is 12.1 Å². The van der Waals surface area contributed by atoms with Crippen LogP contribution in [0, 0.1) is 0 Å². The minimum atomic E-state index is -0.548. The molecule has 0 aromatic carbocycles. The maximum Gasteiger partial charge on any atom is 0.508 e. The van der Waals surface area contributed by atoms with Gasteiger partial charge in [0.2, 0.25) is 5.91 Å². The molecule has 0 rings (SSSR count). The number of carbonyl (C=O) groups excluding carboxylic acids is 2. The van der Waals surface area contributed by atoms with Crippen LogP contribution in [0.15, 0.2) is 12.2 Å². The van der Waals surface area contributed by atoms with Crippen molar-refractivity contribution in [1.29, 1.82) is 0 Å². The van der Waals surface area contributed by atoms with Gasteiger partial charge in [-0.05, 0) is 45.4 Å². The average molecular weight is 398 g/mol. The molecule has 2 N–H and O–H groups in total. The summed E-state index contributed by atoms with van der Waals surface area (Å²) < 4.78 is 9.64. The summed E-state index contributed by atoms with van der Waals surface area (Å²) in [6.07, 6.45) is 22.5. The summed E-state index contributed by atoms with van der Waals surface area (Å²) in [6.45, 7) is 2.62. The molecule has 5 heteroatoms. The molecule has 0 spiro atoms. The van der Waals surface area contributed by atoms with Crippen LogP contribution in [0.5, 0.6) is 0 Å². The summed E-state index contributed by atoms with van der Waals surface area (Å²) in [5, 5.41) is 0. The average Bonchev–Trinajstić information content (AvgIpc) is 2.66. The number of ether oxygens (including phenoxy) is 2. The monoisotopic (exact) mass is 397 g/mol. The van der Waals surface area contributed by atoms with E-state index in [4.69, 9.17) is 15.2 Å². The number of allylic oxidation sites excluding steroid dienone is 2. The van der Waals surface area contributed by atoms with Gasteiger partial charge in [-0.15, -0.1) is 0 Å². The predicted molar refractivity (Wildman–Crippen MR) is 115 cm³/mol. The lowest BCUT2D eigenvalue weighted by molar-refractivity contribution is -0.118. The second-order valence-electron chi connectivity index (χ2n) is 7.39. The molecule has 28 heavy (non-hydrogen) atoms. The van der Waals surface area contributed by atoms with Crippen LogP contribution in [-0.4, -0.2) is 25.3 Å². The van der Waals surface area contributed by atoms with E-state index in [-0.39, 0.29) is 5.91 Å². The van der Waals surface area contributed by atoms with Gasteiger partial charge in [-0.25, -0.2) is 4.79 Å². The van der Waals surface area contributed by atoms with Crippen LogP contribution in [0.3, 0.4) is 0 Å². The van der Waals surface area contributed by atoms with Crippen molar-refractivity contribution in [2.75, 3.05) is 13.2 Å². The standard InChI is InChI=1S/C23H43NO4/c1-2-27-23(26)28-21-19-17-15-13-11-9-7-5-3-4-6-8-10-12-14-16-18-20-22(24)25/h4,6H,2-3,5,7-21H2,1H3,(H2,24,25). The Morgan fingerprint density at radius 2 is 1.14 bits per heavy atom. The van der Waals surface area contributed by atoms with Crippen molar-refractivity contribution in [3.63, 3.8) is 0 Å². The van der Waals surface area contributed by atoms with E-state index in [1.807, 2.05) is 0 Å². The molecule has 0 fully saturated rings. The van der Waals surface area contributed by atoms with Crippen molar-refractivity contribution < 1.29 is 19.1 Å². The lowest BCUT2D eigenvalue weighted by Crippen LogP contribution is -2.09. The van der Waals surface area contributed by atoms with Gasteiger partial charge < -0.3 is 15.2 Å². The molecule has 0 aromatic heterocycles. The highest BCUT2D eigenvalue weighted by Gasteiger charge is 2.00.